The lowest BCUT2D eigenvalue weighted by Gasteiger charge is -2.37. The Balaban J connectivity index is 2.08. The summed E-state index contributed by atoms with van der Waals surface area (Å²) in [5.41, 5.74) is 1.72. The third-order valence-electron chi connectivity index (χ3n) is 3.19. The van der Waals surface area contributed by atoms with E-state index in [2.05, 4.69) is 15.1 Å². The summed E-state index contributed by atoms with van der Waals surface area (Å²) >= 11 is 0. The Morgan fingerprint density at radius 2 is 2.00 bits per heavy atom. The summed E-state index contributed by atoms with van der Waals surface area (Å²) in [7, 11) is -3.61. The number of sulfonamides is 1. The number of carbonyl (C=O) groups is 1. The van der Waals surface area contributed by atoms with Crippen LogP contribution in [0.3, 0.4) is 0 Å². The number of hydrazine groups is 1. The molecule has 1 atom stereocenters. The van der Waals surface area contributed by atoms with E-state index in [9.17, 15) is 13.2 Å². The molecule has 2 N–H and O–H groups in total. The van der Waals surface area contributed by atoms with Gasteiger partial charge >= 0.3 is 0 Å². The second-order valence-electron chi connectivity index (χ2n) is 4.92. The fourth-order valence-electron chi connectivity index (χ4n) is 2.30. The molecule has 1 aliphatic heterocycles. The van der Waals surface area contributed by atoms with Gasteiger partial charge in [-0.05, 0) is 18.2 Å². The van der Waals surface area contributed by atoms with Gasteiger partial charge < -0.3 is 5.32 Å². The van der Waals surface area contributed by atoms with E-state index in [1.807, 2.05) is 0 Å². The minimum atomic E-state index is -3.61. The SMILES string of the molecule is CS(=O)(=O)NN1C(=O)c2ccccc2N[C@H]1c1cccnc1. The van der Waals surface area contributed by atoms with Crippen LogP contribution >= 0.6 is 0 Å². The van der Waals surface area contributed by atoms with Gasteiger partial charge in [-0.15, -0.1) is 4.83 Å². The molecule has 8 heteroatoms. The van der Waals surface area contributed by atoms with Crippen LogP contribution in [0.4, 0.5) is 5.69 Å². The second-order valence-corrected chi connectivity index (χ2v) is 6.64. The highest BCUT2D eigenvalue weighted by Crippen LogP contribution is 2.31. The smallest absolute Gasteiger partial charge is 0.273 e. The number of carbonyl (C=O) groups excluding carboxylic acids is 1. The lowest BCUT2D eigenvalue weighted by atomic mass is 10.1. The molecule has 1 aromatic carbocycles. The number of rotatable bonds is 3. The maximum atomic E-state index is 12.6. The summed E-state index contributed by atoms with van der Waals surface area (Å²) in [5, 5.41) is 4.22. The van der Waals surface area contributed by atoms with E-state index < -0.39 is 22.1 Å². The number of hydrogen-bond donors (Lipinski definition) is 2. The molecule has 2 aromatic rings. The van der Waals surface area contributed by atoms with Gasteiger partial charge in [0.1, 0.15) is 6.17 Å². The minimum Gasteiger partial charge on any atom is -0.360 e. The van der Waals surface area contributed by atoms with Gasteiger partial charge in [-0.25, -0.2) is 13.4 Å². The number of nitrogens with one attached hydrogen (secondary N) is 2. The van der Waals surface area contributed by atoms with Crippen LogP contribution < -0.4 is 10.1 Å². The van der Waals surface area contributed by atoms with Crippen molar-refractivity contribution in [1.82, 2.24) is 14.8 Å². The number of para-hydroxylation sites is 1. The van der Waals surface area contributed by atoms with Crippen molar-refractivity contribution in [3.05, 3.63) is 59.9 Å². The van der Waals surface area contributed by atoms with Crippen molar-refractivity contribution in [3.63, 3.8) is 0 Å². The standard InChI is InChI=1S/C14H14N4O3S/c1-22(20,21)17-18-13(10-5-4-8-15-9-10)16-12-7-3-2-6-11(12)14(18)19/h2-9,13,16-17H,1H3/t13-/m1/s1. The Morgan fingerprint density at radius 1 is 1.23 bits per heavy atom. The molecule has 0 spiro atoms. The molecule has 2 heterocycles. The summed E-state index contributed by atoms with van der Waals surface area (Å²) in [4.78, 5) is 18.9. The molecule has 0 saturated heterocycles. The number of benzene rings is 1. The van der Waals surface area contributed by atoms with Crippen LogP contribution in [0, 0.1) is 0 Å². The van der Waals surface area contributed by atoms with E-state index in [1.165, 1.54) is 0 Å². The molecule has 7 nitrogen and oxygen atoms in total. The fourth-order valence-corrected chi connectivity index (χ4v) is 2.84. The van der Waals surface area contributed by atoms with E-state index in [4.69, 9.17) is 0 Å². The molecule has 0 aliphatic carbocycles. The molecule has 1 amide bonds. The van der Waals surface area contributed by atoms with Crippen LogP contribution in [-0.2, 0) is 10.0 Å². The van der Waals surface area contributed by atoms with E-state index in [-0.39, 0.29) is 0 Å². The van der Waals surface area contributed by atoms with E-state index in [1.54, 1.807) is 48.8 Å². The van der Waals surface area contributed by atoms with Crippen molar-refractivity contribution in [2.45, 2.75) is 6.17 Å². The largest absolute Gasteiger partial charge is 0.360 e. The number of aromatic nitrogens is 1. The van der Waals surface area contributed by atoms with E-state index >= 15 is 0 Å². The fraction of sp³-hybridized carbons (Fsp3) is 0.143. The molecule has 0 bridgehead atoms. The lowest BCUT2D eigenvalue weighted by Crippen LogP contribution is -2.52. The van der Waals surface area contributed by atoms with Gasteiger partial charge in [0.2, 0.25) is 10.0 Å². The van der Waals surface area contributed by atoms with Crippen molar-refractivity contribution in [3.8, 4) is 0 Å². The maximum absolute atomic E-state index is 12.6. The summed E-state index contributed by atoms with van der Waals surface area (Å²) in [6.45, 7) is 0. The third-order valence-corrected chi connectivity index (χ3v) is 3.72. The van der Waals surface area contributed by atoms with Crippen molar-refractivity contribution in [2.24, 2.45) is 0 Å². The Morgan fingerprint density at radius 3 is 2.68 bits per heavy atom. The Kier molecular flexibility index (Phi) is 3.55. The van der Waals surface area contributed by atoms with Crippen LogP contribution in [-0.4, -0.2) is 30.6 Å². The molecular weight excluding hydrogens is 304 g/mol. The van der Waals surface area contributed by atoms with Crippen LogP contribution in [0.25, 0.3) is 0 Å². The zero-order chi connectivity index (χ0) is 15.7. The average molecular weight is 318 g/mol. The number of hydrogen-bond acceptors (Lipinski definition) is 5. The zero-order valence-electron chi connectivity index (χ0n) is 11.7. The highest BCUT2D eigenvalue weighted by Gasteiger charge is 2.34. The lowest BCUT2D eigenvalue weighted by molar-refractivity contribution is 0.0633. The first-order valence-corrected chi connectivity index (χ1v) is 8.41. The highest BCUT2D eigenvalue weighted by molar-refractivity contribution is 7.88. The van der Waals surface area contributed by atoms with Gasteiger partial charge in [0.05, 0.1) is 11.8 Å². The molecule has 1 aliphatic rings. The molecule has 22 heavy (non-hydrogen) atoms. The minimum absolute atomic E-state index is 0.402. The van der Waals surface area contributed by atoms with Crippen molar-refractivity contribution in [2.75, 3.05) is 11.6 Å². The first kappa shape index (κ1) is 14.5. The first-order valence-electron chi connectivity index (χ1n) is 6.52. The monoisotopic (exact) mass is 318 g/mol. The predicted octanol–water partition coefficient (Wildman–Crippen LogP) is 1.11. The normalized spacial score (nSPS) is 17.8. The summed E-state index contributed by atoms with van der Waals surface area (Å²) in [5.74, 6) is -0.423. The van der Waals surface area contributed by atoms with Crippen molar-refractivity contribution in [1.29, 1.82) is 0 Å². The number of pyridine rings is 1. The Labute approximate surface area is 128 Å². The Hall–Kier alpha value is -2.45. The van der Waals surface area contributed by atoms with Crippen LogP contribution in [0.2, 0.25) is 0 Å². The maximum Gasteiger partial charge on any atom is 0.273 e. The average Bonchev–Trinajstić information content (AvgIpc) is 2.50. The van der Waals surface area contributed by atoms with Crippen molar-refractivity contribution < 1.29 is 13.2 Å². The molecular formula is C14H14N4O3S. The van der Waals surface area contributed by atoms with Crippen LogP contribution in [0.15, 0.2) is 48.8 Å². The number of fused-ring (bicyclic) bond motifs is 1. The van der Waals surface area contributed by atoms with E-state index in [0.717, 1.165) is 11.3 Å². The molecule has 0 radical (unpaired) electrons. The Bertz CT molecular complexity index is 808. The van der Waals surface area contributed by atoms with Gasteiger partial charge in [-0.2, -0.15) is 0 Å². The third kappa shape index (κ3) is 2.78. The zero-order valence-corrected chi connectivity index (χ0v) is 12.5. The van der Waals surface area contributed by atoms with Gasteiger partial charge in [-0.3, -0.25) is 9.78 Å². The summed E-state index contributed by atoms with van der Waals surface area (Å²) < 4.78 is 23.2. The summed E-state index contributed by atoms with van der Waals surface area (Å²) in [6, 6.07) is 10.4. The number of nitrogens with zero attached hydrogens (tertiary/aromatic N) is 2. The topological polar surface area (TPSA) is 91.4 Å². The highest BCUT2D eigenvalue weighted by atomic mass is 32.2. The van der Waals surface area contributed by atoms with Gasteiger partial charge in [0.25, 0.3) is 5.91 Å². The van der Waals surface area contributed by atoms with Crippen LogP contribution in [0.5, 0.6) is 0 Å². The quantitative estimate of drug-likeness (QED) is 0.884. The molecule has 0 fully saturated rings. The summed E-state index contributed by atoms with van der Waals surface area (Å²) in [6.07, 6.45) is 3.51. The van der Waals surface area contributed by atoms with Gasteiger partial charge in [0, 0.05) is 23.6 Å². The van der Waals surface area contributed by atoms with Gasteiger partial charge in [0.15, 0.2) is 0 Å². The molecule has 3 rings (SSSR count). The van der Waals surface area contributed by atoms with E-state index in [0.29, 0.717) is 16.8 Å². The molecule has 0 unspecified atom stereocenters. The number of amides is 1. The van der Waals surface area contributed by atoms with Gasteiger partial charge in [-0.1, -0.05) is 18.2 Å². The van der Waals surface area contributed by atoms with Crippen LogP contribution in [0.1, 0.15) is 22.1 Å². The first-order chi connectivity index (χ1) is 10.5. The number of anilines is 1. The second kappa shape index (κ2) is 5.39. The molecule has 0 saturated carbocycles. The molecule has 114 valence electrons. The molecule has 1 aromatic heterocycles. The predicted molar refractivity (Wildman–Crippen MR) is 81.2 cm³/mol. The van der Waals surface area contributed by atoms with Crippen molar-refractivity contribution >= 4 is 21.6 Å².